The lowest BCUT2D eigenvalue weighted by Crippen LogP contribution is -2.45. The van der Waals surface area contributed by atoms with Crippen LogP contribution in [0.1, 0.15) is 19.4 Å². The largest absolute Gasteiger partial charge is 0.324 e. The van der Waals surface area contributed by atoms with Crippen molar-refractivity contribution >= 4 is 38.1 Å². The Morgan fingerprint density at radius 2 is 1.64 bits per heavy atom. The predicted octanol–water partition coefficient (Wildman–Crippen LogP) is 4.20. The highest BCUT2D eigenvalue weighted by Crippen LogP contribution is 2.25. The fourth-order valence-corrected chi connectivity index (χ4v) is 4.43. The van der Waals surface area contributed by atoms with E-state index < -0.39 is 16.1 Å². The van der Waals surface area contributed by atoms with E-state index in [2.05, 4.69) is 5.32 Å². The van der Waals surface area contributed by atoms with E-state index >= 15 is 0 Å². The molecule has 28 heavy (non-hydrogen) atoms. The van der Waals surface area contributed by atoms with Crippen LogP contribution in [0, 0.1) is 0 Å². The summed E-state index contributed by atoms with van der Waals surface area (Å²) in [6, 6.07) is 19.7. The molecule has 0 aliphatic rings. The molecule has 0 aliphatic heterocycles. The van der Waals surface area contributed by atoms with Gasteiger partial charge in [0.05, 0.1) is 11.9 Å². The van der Waals surface area contributed by atoms with Crippen molar-refractivity contribution in [2.45, 2.75) is 26.3 Å². The molecule has 1 amide bonds. The molecule has 0 heterocycles. The highest BCUT2D eigenvalue weighted by Gasteiger charge is 2.29. The van der Waals surface area contributed by atoms with Crippen molar-refractivity contribution in [1.82, 2.24) is 0 Å². The minimum absolute atomic E-state index is 0.388. The normalized spacial score (nSPS) is 12.5. The van der Waals surface area contributed by atoms with Gasteiger partial charge in [-0.25, -0.2) is 8.42 Å². The highest BCUT2D eigenvalue weighted by atomic mass is 32.2. The van der Waals surface area contributed by atoms with Gasteiger partial charge in [0.15, 0.2) is 0 Å². The molecule has 0 unspecified atom stereocenters. The van der Waals surface area contributed by atoms with E-state index in [1.807, 2.05) is 61.5 Å². The lowest BCUT2D eigenvalue weighted by atomic mass is 10.1. The molecule has 0 saturated carbocycles. The Bertz CT molecular complexity index is 1090. The number of amides is 1. The lowest BCUT2D eigenvalue weighted by Gasteiger charge is -2.28. The second-order valence-electron chi connectivity index (χ2n) is 6.77. The molecule has 0 bridgehead atoms. The van der Waals surface area contributed by atoms with Gasteiger partial charge in [-0.3, -0.25) is 9.10 Å². The molecule has 0 aromatic heterocycles. The summed E-state index contributed by atoms with van der Waals surface area (Å²) in [4.78, 5) is 12.9. The molecular weight excluding hydrogens is 372 g/mol. The third-order valence-corrected chi connectivity index (χ3v) is 5.98. The van der Waals surface area contributed by atoms with E-state index in [4.69, 9.17) is 0 Å². The molecule has 0 radical (unpaired) electrons. The maximum atomic E-state index is 12.9. The maximum Gasteiger partial charge on any atom is 0.248 e. The van der Waals surface area contributed by atoms with E-state index in [0.717, 1.165) is 33.3 Å². The maximum absolute atomic E-state index is 12.9. The zero-order valence-corrected chi connectivity index (χ0v) is 17.0. The fraction of sp³-hybridized carbons (Fsp3) is 0.227. The quantitative estimate of drug-likeness (QED) is 0.679. The third kappa shape index (κ3) is 4.17. The van der Waals surface area contributed by atoms with Crippen molar-refractivity contribution in [2.24, 2.45) is 0 Å². The van der Waals surface area contributed by atoms with Gasteiger partial charge in [0, 0.05) is 11.1 Å². The second kappa shape index (κ2) is 8.02. The van der Waals surface area contributed by atoms with Crippen molar-refractivity contribution < 1.29 is 13.2 Å². The molecule has 3 aromatic rings. The van der Waals surface area contributed by atoms with Crippen molar-refractivity contribution in [3.63, 3.8) is 0 Å². The van der Waals surface area contributed by atoms with Gasteiger partial charge in [-0.15, -0.1) is 0 Å². The molecule has 1 N–H and O–H groups in total. The summed E-state index contributed by atoms with van der Waals surface area (Å²) in [5.74, 6) is -0.388. The summed E-state index contributed by atoms with van der Waals surface area (Å²) in [6.45, 7) is 3.62. The zero-order chi connectivity index (χ0) is 20.3. The van der Waals surface area contributed by atoms with Crippen LogP contribution in [0.5, 0.6) is 0 Å². The molecule has 0 spiro atoms. The van der Waals surface area contributed by atoms with Gasteiger partial charge in [-0.05, 0) is 42.5 Å². The number of nitrogens with zero attached hydrogens (tertiary/aromatic N) is 1. The first-order chi connectivity index (χ1) is 13.3. The lowest BCUT2D eigenvalue weighted by molar-refractivity contribution is -0.116. The number of hydrogen-bond donors (Lipinski definition) is 1. The van der Waals surface area contributed by atoms with Crippen LogP contribution < -0.4 is 9.62 Å². The standard InChI is InChI=1S/C22H24N2O3S/c1-4-17-12-14-19(15-13-17)24(28(3,26)27)16(2)22(25)23-21-11-7-9-18-8-5-6-10-20(18)21/h5-16H,4H2,1-3H3,(H,23,25)/t16-/m1/s1. The molecule has 5 nitrogen and oxygen atoms in total. The summed E-state index contributed by atoms with van der Waals surface area (Å²) in [6.07, 6.45) is 1.97. The van der Waals surface area contributed by atoms with E-state index in [1.54, 1.807) is 19.1 Å². The summed E-state index contributed by atoms with van der Waals surface area (Å²) < 4.78 is 26.0. The number of rotatable bonds is 6. The van der Waals surface area contributed by atoms with Crippen molar-refractivity contribution in [2.75, 3.05) is 15.9 Å². The first-order valence-electron chi connectivity index (χ1n) is 9.18. The van der Waals surface area contributed by atoms with Gasteiger partial charge in [-0.1, -0.05) is 55.5 Å². The molecule has 3 rings (SSSR count). The smallest absolute Gasteiger partial charge is 0.248 e. The Hall–Kier alpha value is -2.86. The minimum Gasteiger partial charge on any atom is -0.324 e. The van der Waals surface area contributed by atoms with E-state index in [-0.39, 0.29) is 5.91 Å². The Morgan fingerprint density at radius 1 is 1.00 bits per heavy atom. The number of aryl methyl sites for hydroxylation is 1. The second-order valence-corrected chi connectivity index (χ2v) is 8.63. The van der Waals surface area contributed by atoms with Gasteiger partial charge in [0.2, 0.25) is 15.9 Å². The summed E-state index contributed by atoms with van der Waals surface area (Å²) >= 11 is 0. The number of carbonyl (C=O) groups excluding carboxylic acids is 1. The van der Waals surface area contributed by atoms with Crippen LogP contribution in [-0.2, 0) is 21.2 Å². The Balaban J connectivity index is 1.91. The number of nitrogens with one attached hydrogen (secondary N) is 1. The SMILES string of the molecule is CCc1ccc(N([C@H](C)C(=O)Nc2cccc3ccccc23)S(C)(=O)=O)cc1. The van der Waals surface area contributed by atoms with Gasteiger partial charge in [-0.2, -0.15) is 0 Å². The van der Waals surface area contributed by atoms with E-state index in [0.29, 0.717) is 11.4 Å². The van der Waals surface area contributed by atoms with Crippen LogP contribution in [0.4, 0.5) is 11.4 Å². The number of anilines is 2. The van der Waals surface area contributed by atoms with Crippen LogP contribution >= 0.6 is 0 Å². The number of hydrogen-bond acceptors (Lipinski definition) is 3. The number of sulfonamides is 1. The van der Waals surface area contributed by atoms with Gasteiger partial charge < -0.3 is 5.32 Å². The van der Waals surface area contributed by atoms with Crippen molar-refractivity contribution in [3.05, 3.63) is 72.3 Å². The highest BCUT2D eigenvalue weighted by molar-refractivity contribution is 7.92. The molecule has 0 fully saturated rings. The Kier molecular flexibility index (Phi) is 5.70. The van der Waals surface area contributed by atoms with Gasteiger partial charge >= 0.3 is 0 Å². The van der Waals surface area contributed by atoms with Crippen LogP contribution in [-0.4, -0.2) is 26.6 Å². The van der Waals surface area contributed by atoms with Crippen LogP contribution in [0.3, 0.4) is 0 Å². The average Bonchev–Trinajstić information content (AvgIpc) is 2.68. The average molecular weight is 397 g/mol. The van der Waals surface area contributed by atoms with Crippen LogP contribution in [0.15, 0.2) is 66.7 Å². The van der Waals surface area contributed by atoms with E-state index in [9.17, 15) is 13.2 Å². The van der Waals surface area contributed by atoms with Crippen molar-refractivity contribution in [3.8, 4) is 0 Å². The zero-order valence-electron chi connectivity index (χ0n) is 16.2. The molecule has 146 valence electrons. The van der Waals surface area contributed by atoms with Gasteiger partial charge in [0.25, 0.3) is 0 Å². The Morgan fingerprint density at radius 3 is 2.29 bits per heavy atom. The summed E-state index contributed by atoms with van der Waals surface area (Å²) in [7, 11) is -3.64. The molecular formula is C22H24N2O3S. The first kappa shape index (κ1) is 19.9. The number of carbonyl (C=O) groups is 1. The van der Waals surface area contributed by atoms with Crippen LogP contribution in [0.2, 0.25) is 0 Å². The predicted molar refractivity (Wildman–Crippen MR) is 115 cm³/mol. The van der Waals surface area contributed by atoms with Crippen molar-refractivity contribution in [1.29, 1.82) is 0 Å². The Labute approximate surface area is 166 Å². The number of fused-ring (bicyclic) bond motifs is 1. The number of benzene rings is 3. The van der Waals surface area contributed by atoms with Crippen LogP contribution in [0.25, 0.3) is 10.8 Å². The third-order valence-electron chi connectivity index (χ3n) is 4.74. The summed E-state index contributed by atoms with van der Waals surface area (Å²) in [5, 5.41) is 4.79. The van der Waals surface area contributed by atoms with E-state index in [1.165, 1.54) is 0 Å². The molecule has 1 atom stereocenters. The molecule has 0 saturated heterocycles. The first-order valence-corrected chi connectivity index (χ1v) is 11.0. The monoisotopic (exact) mass is 396 g/mol. The molecule has 3 aromatic carbocycles. The fourth-order valence-electron chi connectivity index (χ4n) is 3.26. The minimum atomic E-state index is -3.64. The molecule has 6 heteroatoms. The molecule has 0 aliphatic carbocycles. The topological polar surface area (TPSA) is 66.5 Å². The summed E-state index contributed by atoms with van der Waals surface area (Å²) in [5.41, 5.74) is 2.23. The van der Waals surface area contributed by atoms with Gasteiger partial charge in [0.1, 0.15) is 6.04 Å².